The predicted molar refractivity (Wildman–Crippen MR) is 130 cm³/mol. The molecule has 1 aliphatic heterocycles. The van der Waals surface area contributed by atoms with Crippen molar-refractivity contribution in [1.29, 1.82) is 0 Å². The Hall–Kier alpha value is -2.87. The van der Waals surface area contributed by atoms with Gasteiger partial charge in [0.2, 0.25) is 0 Å². The second-order valence-electron chi connectivity index (χ2n) is 9.12. The van der Waals surface area contributed by atoms with Crippen LogP contribution < -0.4 is 0 Å². The monoisotopic (exact) mass is 505 g/mol. The molecule has 2 aromatic carbocycles. The first-order chi connectivity index (χ1) is 17.2. The normalized spacial score (nSPS) is 21.7. The maximum absolute atomic E-state index is 14.8. The Bertz CT molecular complexity index is 999. The number of carbonyl (C=O) groups is 2. The molecule has 3 rings (SSSR count). The SMILES string of the molecule is CCCC[C@@H]1[C@@H](Cc2ccccc2)C[C@@H](C(=O)OCC)N1C(=O)C(OC)(c1ccccc1)C(F)(F)F. The van der Waals surface area contributed by atoms with E-state index < -0.39 is 35.7 Å². The molecule has 5 nitrogen and oxygen atoms in total. The summed E-state index contributed by atoms with van der Waals surface area (Å²) in [4.78, 5) is 28.3. The molecule has 1 unspecified atom stereocenters. The van der Waals surface area contributed by atoms with Crippen molar-refractivity contribution in [1.82, 2.24) is 4.90 Å². The van der Waals surface area contributed by atoms with Crippen molar-refractivity contribution in [3.05, 3.63) is 71.8 Å². The van der Waals surface area contributed by atoms with Crippen molar-refractivity contribution in [3.63, 3.8) is 0 Å². The van der Waals surface area contributed by atoms with Gasteiger partial charge >= 0.3 is 12.1 Å². The van der Waals surface area contributed by atoms with Crippen LogP contribution in [0.3, 0.4) is 0 Å². The Balaban J connectivity index is 2.13. The number of amides is 1. The summed E-state index contributed by atoms with van der Waals surface area (Å²) in [6.07, 6.45) is -2.33. The Morgan fingerprint density at radius 1 is 1.00 bits per heavy atom. The highest BCUT2D eigenvalue weighted by Gasteiger charge is 2.66. The van der Waals surface area contributed by atoms with Crippen molar-refractivity contribution in [2.24, 2.45) is 5.92 Å². The van der Waals surface area contributed by atoms with E-state index in [1.54, 1.807) is 13.0 Å². The van der Waals surface area contributed by atoms with E-state index in [9.17, 15) is 22.8 Å². The molecule has 0 radical (unpaired) electrons. The first-order valence-electron chi connectivity index (χ1n) is 12.4. The highest BCUT2D eigenvalue weighted by atomic mass is 19.4. The number of rotatable bonds is 10. The Labute approximate surface area is 210 Å². The molecule has 1 saturated heterocycles. The second-order valence-corrected chi connectivity index (χ2v) is 9.12. The summed E-state index contributed by atoms with van der Waals surface area (Å²) in [6, 6.07) is 14.8. The average Bonchev–Trinajstić information content (AvgIpc) is 3.22. The minimum Gasteiger partial charge on any atom is -0.464 e. The molecule has 36 heavy (non-hydrogen) atoms. The number of alkyl halides is 3. The van der Waals surface area contributed by atoms with Crippen LogP contribution in [0.15, 0.2) is 60.7 Å². The van der Waals surface area contributed by atoms with Crippen LogP contribution in [0.4, 0.5) is 13.2 Å². The molecule has 0 N–H and O–H groups in total. The van der Waals surface area contributed by atoms with Gasteiger partial charge in [-0.25, -0.2) is 4.79 Å². The first-order valence-corrected chi connectivity index (χ1v) is 12.4. The number of methoxy groups -OCH3 is 1. The van der Waals surface area contributed by atoms with Crippen molar-refractivity contribution in [3.8, 4) is 0 Å². The third-order valence-electron chi connectivity index (χ3n) is 6.94. The quantitative estimate of drug-likeness (QED) is 0.391. The van der Waals surface area contributed by atoms with E-state index in [0.29, 0.717) is 19.3 Å². The first kappa shape index (κ1) is 27.7. The van der Waals surface area contributed by atoms with Crippen molar-refractivity contribution in [2.45, 2.75) is 69.8 Å². The number of halogens is 3. The van der Waals surface area contributed by atoms with Gasteiger partial charge in [0.05, 0.1) is 6.61 Å². The zero-order chi connectivity index (χ0) is 26.3. The van der Waals surface area contributed by atoms with Crippen LogP contribution in [0, 0.1) is 5.92 Å². The van der Waals surface area contributed by atoms with Crippen LogP contribution in [0.1, 0.15) is 50.7 Å². The topological polar surface area (TPSA) is 55.8 Å². The van der Waals surface area contributed by atoms with Crippen LogP contribution in [-0.4, -0.2) is 48.8 Å². The lowest BCUT2D eigenvalue weighted by molar-refractivity contribution is -0.271. The fraction of sp³-hybridized carbons (Fsp3) is 0.500. The zero-order valence-electron chi connectivity index (χ0n) is 21.0. The van der Waals surface area contributed by atoms with E-state index in [4.69, 9.17) is 9.47 Å². The van der Waals surface area contributed by atoms with Gasteiger partial charge in [0.25, 0.3) is 11.5 Å². The largest absolute Gasteiger partial charge is 0.464 e. The van der Waals surface area contributed by atoms with E-state index in [1.165, 1.54) is 24.3 Å². The van der Waals surface area contributed by atoms with Crippen LogP contribution >= 0.6 is 0 Å². The van der Waals surface area contributed by atoms with E-state index >= 15 is 0 Å². The summed E-state index contributed by atoms with van der Waals surface area (Å²) >= 11 is 0. The number of likely N-dealkylation sites (tertiary alicyclic amines) is 1. The molecular weight excluding hydrogens is 471 g/mol. The van der Waals surface area contributed by atoms with Gasteiger partial charge in [0.1, 0.15) is 6.04 Å². The van der Waals surface area contributed by atoms with Gasteiger partial charge in [-0.2, -0.15) is 13.2 Å². The van der Waals surface area contributed by atoms with Crippen molar-refractivity contribution in [2.75, 3.05) is 13.7 Å². The molecule has 2 aromatic rings. The van der Waals surface area contributed by atoms with Crippen molar-refractivity contribution >= 4 is 11.9 Å². The molecule has 0 aliphatic carbocycles. The molecule has 1 amide bonds. The zero-order valence-corrected chi connectivity index (χ0v) is 21.0. The van der Waals surface area contributed by atoms with Gasteiger partial charge < -0.3 is 14.4 Å². The maximum Gasteiger partial charge on any atom is 0.430 e. The van der Waals surface area contributed by atoms with E-state index in [1.807, 2.05) is 37.3 Å². The van der Waals surface area contributed by atoms with Crippen LogP contribution in [0.5, 0.6) is 0 Å². The van der Waals surface area contributed by atoms with Gasteiger partial charge in [-0.15, -0.1) is 0 Å². The average molecular weight is 506 g/mol. The molecular formula is C28H34F3NO4. The van der Waals surface area contributed by atoms with E-state index in [2.05, 4.69) is 0 Å². The highest BCUT2D eigenvalue weighted by molar-refractivity contribution is 5.92. The Morgan fingerprint density at radius 3 is 2.14 bits per heavy atom. The summed E-state index contributed by atoms with van der Waals surface area (Å²) in [7, 11) is 0.885. The number of esters is 1. The maximum atomic E-state index is 14.8. The molecule has 0 bridgehead atoms. The smallest absolute Gasteiger partial charge is 0.430 e. The number of hydrogen-bond donors (Lipinski definition) is 0. The van der Waals surface area contributed by atoms with Gasteiger partial charge in [-0.3, -0.25) is 4.79 Å². The molecule has 0 spiro atoms. The number of benzene rings is 2. The summed E-state index contributed by atoms with van der Waals surface area (Å²) < 4.78 is 54.7. The van der Waals surface area contributed by atoms with Gasteiger partial charge in [-0.1, -0.05) is 80.4 Å². The predicted octanol–water partition coefficient (Wildman–Crippen LogP) is 5.67. The summed E-state index contributed by atoms with van der Waals surface area (Å²) in [5.41, 5.74) is -2.57. The molecule has 1 heterocycles. The summed E-state index contributed by atoms with van der Waals surface area (Å²) in [6.45, 7) is 3.68. The molecule has 4 atom stereocenters. The van der Waals surface area contributed by atoms with E-state index in [-0.39, 0.29) is 24.5 Å². The lowest BCUT2D eigenvalue weighted by Crippen LogP contribution is -2.60. The molecule has 1 fully saturated rings. The summed E-state index contributed by atoms with van der Waals surface area (Å²) in [5.74, 6) is -2.18. The fourth-order valence-electron chi connectivity index (χ4n) is 5.26. The fourth-order valence-corrected chi connectivity index (χ4v) is 5.26. The lowest BCUT2D eigenvalue weighted by Gasteiger charge is -2.40. The van der Waals surface area contributed by atoms with E-state index in [0.717, 1.165) is 24.0 Å². The standard InChI is InChI=1S/C28H34F3NO4/c1-4-6-17-23-21(18-20-13-9-7-10-14-20)19-24(25(33)36-5-2)32(23)26(34)27(35-3,28(29,30)31)22-15-11-8-12-16-22/h7-16,21,23-24H,4-6,17-19H2,1-3H3/t21-,23+,24-,27?/m0/s1. The van der Waals surface area contributed by atoms with Crippen LogP contribution in [0.2, 0.25) is 0 Å². The Morgan fingerprint density at radius 2 is 1.61 bits per heavy atom. The molecule has 1 aliphatic rings. The number of ether oxygens (including phenoxy) is 2. The van der Waals surface area contributed by atoms with Gasteiger partial charge in [-0.05, 0) is 37.7 Å². The number of hydrogen-bond acceptors (Lipinski definition) is 4. The minimum absolute atomic E-state index is 0.0632. The van der Waals surface area contributed by atoms with Gasteiger partial charge in [0, 0.05) is 18.7 Å². The Kier molecular flexibility index (Phi) is 9.17. The molecule has 8 heteroatoms. The van der Waals surface area contributed by atoms with Gasteiger partial charge in [0.15, 0.2) is 0 Å². The minimum atomic E-state index is -5.06. The number of carbonyl (C=O) groups excluding carboxylic acids is 2. The van der Waals surface area contributed by atoms with Crippen molar-refractivity contribution < 1.29 is 32.2 Å². The third-order valence-corrected chi connectivity index (χ3v) is 6.94. The highest BCUT2D eigenvalue weighted by Crippen LogP contribution is 2.47. The molecule has 196 valence electrons. The summed E-state index contributed by atoms with van der Waals surface area (Å²) in [5, 5.41) is 0. The number of unbranched alkanes of at least 4 members (excludes halogenated alkanes) is 1. The van der Waals surface area contributed by atoms with Crippen LogP contribution in [-0.2, 0) is 31.1 Å². The molecule has 0 aromatic heterocycles. The molecule has 0 saturated carbocycles. The second kappa shape index (κ2) is 11.9. The third kappa shape index (κ3) is 5.43. The van der Waals surface area contributed by atoms with Crippen LogP contribution in [0.25, 0.3) is 0 Å². The lowest BCUT2D eigenvalue weighted by atomic mass is 9.87. The number of nitrogens with zero attached hydrogens (tertiary/aromatic N) is 1.